The molecule has 6 heteroatoms. The van der Waals surface area contributed by atoms with Crippen LogP contribution in [0.3, 0.4) is 0 Å². The second-order valence-corrected chi connectivity index (χ2v) is 3.05. The number of carboxylic acid groups (broad SMARTS) is 1. The number of rotatable bonds is 1. The summed E-state index contributed by atoms with van der Waals surface area (Å²) in [5.41, 5.74) is -1.09. The normalized spacial score (nSPS) is 10.6. The fraction of sp³-hybridized carbons (Fsp3) is 0. The van der Waals surface area contributed by atoms with Gasteiger partial charge in [-0.05, 0) is 12.1 Å². The van der Waals surface area contributed by atoms with Gasteiger partial charge in [-0.25, -0.2) is 18.4 Å². The van der Waals surface area contributed by atoms with Crippen LogP contribution >= 0.6 is 0 Å². The van der Waals surface area contributed by atoms with Crippen molar-refractivity contribution in [3.8, 4) is 0 Å². The van der Waals surface area contributed by atoms with Crippen LogP contribution in [0.5, 0.6) is 0 Å². The summed E-state index contributed by atoms with van der Waals surface area (Å²) in [6, 6.07) is 2.19. The molecule has 0 aliphatic carbocycles. The molecule has 0 radical (unpaired) electrons. The second kappa shape index (κ2) is 3.41. The molecule has 0 aliphatic rings. The van der Waals surface area contributed by atoms with Crippen LogP contribution in [0.25, 0.3) is 10.8 Å². The van der Waals surface area contributed by atoms with Gasteiger partial charge in [0.1, 0.15) is 11.6 Å². The third-order valence-electron chi connectivity index (χ3n) is 2.00. The van der Waals surface area contributed by atoms with Gasteiger partial charge in [-0.1, -0.05) is 0 Å². The number of hydrogen-bond donors (Lipinski definition) is 1. The summed E-state index contributed by atoms with van der Waals surface area (Å²) in [6.07, 6.45) is 0. The van der Waals surface area contributed by atoms with Gasteiger partial charge in [-0.2, -0.15) is 0 Å². The molecular weight excluding hydrogens is 222 g/mol. The van der Waals surface area contributed by atoms with Crippen LogP contribution in [0.1, 0.15) is 10.6 Å². The maximum absolute atomic E-state index is 13.3. The van der Waals surface area contributed by atoms with E-state index in [0.717, 1.165) is 12.1 Å². The molecule has 0 unspecified atom stereocenters. The molecule has 0 spiro atoms. The highest BCUT2D eigenvalue weighted by Crippen LogP contribution is 2.18. The molecule has 1 aromatic carbocycles. The Hall–Kier alpha value is -2.24. The first-order valence-electron chi connectivity index (χ1n) is 4.15. The SMILES string of the molecule is O=C(O)c1cc2c(F)cc(F)cc2c(=O)o1. The van der Waals surface area contributed by atoms with Gasteiger partial charge in [0.2, 0.25) is 5.76 Å². The predicted octanol–water partition coefficient (Wildman–Crippen LogP) is 1.77. The van der Waals surface area contributed by atoms with Crippen molar-refractivity contribution in [2.24, 2.45) is 0 Å². The molecule has 0 amide bonds. The number of fused-ring (bicyclic) bond motifs is 1. The lowest BCUT2D eigenvalue weighted by Crippen LogP contribution is -2.07. The van der Waals surface area contributed by atoms with Crippen LogP contribution in [-0.2, 0) is 0 Å². The number of carbonyl (C=O) groups is 1. The summed E-state index contributed by atoms with van der Waals surface area (Å²) in [5, 5.41) is 7.97. The van der Waals surface area contributed by atoms with Crippen LogP contribution in [0.15, 0.2) is 27.4 Å². The van der Waals surface area contributed by atoms with Gasteiger partial charge in [0.05, 0.1) is 5.39 Å². The fourth-order valence-electron chi connectivity index (χ4n) is 1.32. The highest BCUT2D eigenvalue weighted by atomic mass is 19.1. The van der Waals surface area contributed by atoms with E-state index in [9.17, 15) is 18.4 Å². The van der Waals surface area contributed by atoms with Gasteiger partial charge in [-0.15, -0.1) is 0 Å². The Morgan fingerprint density at radius 2 is 1.88 bits per heavy atom. The number of carboxylic acids is 1. The molecule has 2 aromatic rings. The maximum atomic E-state index is 13.3. The molecule has 16 heavy (non-hydrogen) atoms. The molecule has 82 valence electrons. The number of hydrogen-bond acceptors (Lipinski definition) is 3. The first-order valence-corrected chi connectivity index (χ1v) is 4.15. The molecule has 0 fully saturated rings. The number of aromatic carboxylic acids is 1. The van der Waals surface area contributed by atoms with E-state index in [4.69, 9.17) is 5.11 Å². The molecule has 0 bridgehead atoms. The van der Waals surface area contributed by atoms with E-state index >= 15 is 0 Å². The molecule has 1 heterocycles. The second-order valence-electron chi connectivity index (χ2n) is 3.05. The van der Waals surface area contributed by atoms with E-state index in [1.54, 1.807) is 0 Å². The Morgan fingerprint density at radius 3 is 2.50 bits per heavy atom. The summed E-state index contributed by atoms with van der Waals surface area (Å²) < 4.78 is 30.4. The monoisotopic (exact) mass is 226 g/mol. The third kappa shape index (κ3) is 1.54. The van der Waals surface area contributed by atoms with E-state index in [0.29, 0.717) is 6.07 Å². The molecule has 0 atom stereocenters. The summed E-state index contributed by atoms with van der Waals surface area (Å²) in [7, 11) is 0. The van der Waals surface area contributed by atoms with Crippen molar-refractivity contribution in [2.45, 2.75) is 0 Å². The van der Waals surface area contributed by atoms with Crippen molar-refractivity contribution >= 4 is 16.7 Å². The summed E-state index contributed by atoms with van der Waals surface area (Å²) >= 11 is 0. The summed E-state index contributed by atoms with van der Waals surface area (Å²) in [4.78, 5) is 21.8. The Kier molecular flexibility index (Phi) is 2.19. The van der Waals surface area contributed by atoms with Gasteiger partial charge in [-0.3, -0.25) is 0 Å². The summed E-state index contributed by atoms with van der Waals surface area (Å²) in [6.45, 7) is 0. The van der Waals surface area contributed by atoms with Crippen molar-refractivity contribution in [1.82, 2.24) is 0 Å². The minimum Gasteiger partial charge on any atom is -0.475 e. The minimum absolute atomic E-state index is 0.282. The van der Waals surface area contributed by atoms with Gasteiger partial charge in [0, 0.05) is 11.5 Å². The van der Waals surface area contributed by atoms with Gasteiger partial charge in [0.15, 0.2) is 0 Å². The Balaban J connectivity index is 2.93. The van der Waals surface area contributed by atoms with E-state index < -0.39 is 29.0 Å². The van der Waals surface area contributed by atoms with Crippen molar-refractivity contribution < 1.29 is 23.1 Å². The maximum Gasteiger partial charge on any atom is 0.371 e. The smallest absolute Gasteiger partial charge is 0.371 e. The molecule has 0 aliphatic heterocycles. The highest BCUT2D eigenvalue weighted by Gasteiger charge is 2.14. The van der Waals surface area contributed by atoms with Crippen LogP contribution in [0.2, 0.25) is 0 Å². The largest absolute Gasteiger partial charge is 0.475 e. The molecule has 4 nitrogen and oxygen atoms in total. The van der Waals surface area contributed by atoms with Gasteiger partial charge >= 0.3 is 11.6 Å². The van der Waals surface area contributed by atoms with Crippen LogP contribution < -0.4 is 5.63 Å². The van der Waals surface area contributed by atoms with Crippen molar-refractivity contribution in [3.63, 3.8) is 0 Å². The molecular formula is C10H4F2O4. The lowest BCUT2D eigenvalue weighted by atomic mass is 10.1. The molecule has 1 aromatic heterocycles. The first-order chi connectivity index (χ1) is 7.49. The average molecular weight is 226 g/mol. The Morgan fingerprint density at radius 1 is 1.19 bits per heavy atom. The van der Waals surface area contributed by atoms with Crippen molar-refractivity contribution in [3.05, 3.63) is 46.0 Å². The molecule has 2 rings (SSSR count). The van der Waals surface area contributed by atoms with Crippen LogP contribution in [0, 0.1) is 11.6 Å². The first kappa shape index (κ1) is 10.3. The number of halogens is 2. The Bertz CT molecular complexity index is 645. The molecule has 1 N–H and O–H groups in total. The topological polar surface area (TPSA) is 67.5 Å². The zero-order valence-electron chi connectivity index (χ0n) is 7.66. The quantitative estimate of drug-likeness (QED) is 0.804. The fourth-order valence-corrected chi connectivity index (χ4v) is 1.32. The molecule has 0 saturated carbocycles. The minimum atomic E-state index is -1.50. The predicted molar refractivity (Wildman–Crippen MR) is 49.4 cm³/mol. The van der Waals surface area contributed by atoms with Gasteiger partial charge in [0.25, 0.3) is 0 Å². The average Bonchev–Trinajstić information content (AvgIpc) is 2.19. The van der Waals surface area contributed by atoms with Crippen LogP contribution in [0.4, 0.5) is 8.78 Å². The van der Waals surface area contributed by atoms with Gasteiger partial charge < -0.3 is 9.52 Å². The van der Waals surface area contributed by atoms with E-state index in [2.05, 4.69) is 4.42 Å². The standard InChI is InChI=1S/C10H4F2O4/c11-4-1-6-5(7(12)2-4)3-8(9(13)14)16-10(6)15/h1-3H,(H,13,14). The molecule has 0 saturated heterocycles. The van der Waals surface area contributed by atoms with E-state index in [1.165, 1.54) is 0 Å². The van der Waals surface area contributed by atoms with Crippen LogP contribution in [-0.4, -0.2) is 11.1 Å². The van der Waals surface area contributed by atoms with E-state index in [1.807, 2.05) is 0 Å². The lowest BCUT2D eigenvalue weighted by molar-refractivity contribution is 0.0658. The summed E-state index contributed by atoms with van der Waals surface area (Å²) in [5.74, 6) is -4.13. The zero-order valence-corrected chi connectivity index (χ0v) is 7.66. The highest BCUT2D eigenvalue weighted by molar-refractivity contribution is 5.90. The zero-order chi connectivity index (χ0) is 11.9. The third-order valence-corrected chi connectivity index (χ3v) is 2.00. The lowest BCUT2D eigenvalue weighted by Gasteiger charge is -2.00. The number of benzene rings is 1. The van der Waals surface area contributed by atoms with Crippen molar-refractivity contribution in [2.75, 3.05) is 0 Å². The van der Waals surface area contributed by atoms with E-state index in [-0.39, 0.29) is 10.8 Å². The Labute approximate surface area is 86.7 Å². The van der Waals surface area contributed by atoms with Crippen molar-refractivity contribution in [1.29, 1.82) is 0 Å².